The van der Waals surface area contributed by atoms with E-state index in [9.17, 15) is 4.79 Å². The Morgan fingerprint density at radius 3 is 2.84 bits per heavy atom. The Morgan fingerprint density at radius 2 is 1.97 bits per heavy atom. The second-order valence-corrected chi connectivity index (χ2v) is 9.07. The fraction of sp³-hybridized carbons (Fsp3) is 0.130. The van der Waals surface area contributed by atoms with Crippen molar-refractivity contribution in [3.8, 4) is 5.75 Å². The highest BCUT2D eigenvalue weighted by Crippen LogP contribution is 2.22. The molecule has 0 saturated heterocycles. The number of hydrazone groups is 1. The zero-order chi connectivity index (χ0) is 21.5. The van der Waals surface area contributed by atoms with Crippen molar-refractivity contribution in [1.29, 1.82) is 0 Å². The lowest BCUT2D eigenvalue weighted by Gasteiger charge is -2.09. The Bertz CT molecular complexity index is 1220. The maximum atomic E-state index is 11.9. The van der Waals surface area contributed by atoms with Crippen molar-refractivity contribution in [3.05, 3.63) is 82.9 Å². The van der Waals surface area contributed by atoms with Crippen molar-refractivity contribution in [3.63, 3.8) is 0 Å². The first kappa shape index (κ1) is 21.0. The van der Waals surface area contributed by atoms with Gasteiger partial charge < -0.3 is 4.74 Å². The summed E-state index contributed by atoms with van der Waals surface area (Å²) in [5.74, 6) is 0.781. The molecule has 6 nitrogen and oxygen atoms in total. The number of hydrogen-bond acceptors (Lipinski definition) is 7. The highest BCUT2D eigenvalue weighted by Gasteiger charge is 2.06. The average Bonchev–Trinajstić information content (AvgIpc) is 3.22. The molecule has 4 aromatic rings. The van der Waals surface area contributed by atoms with Gasteiger partial charge in [-0.1, -0.05) is 77.7 Å². The largest absolute Gasteiger partial charge is 0.489 e. The number of thioether (sulfide) groups is 1. The van der Waals surface area contributed by atoms with E-state index >= 15 is 0 Å². The molecule has 0 spiro atoms. The predicted octanol–water partition coefficient (Wildman–Crippen LogP) is 4.82. The number of benzene rings is 3. The van der Waals surface area contributed by atoms with Crippen LogP contribution in [0.1, 0.15) is 16.1 Å². The quantitative estimate of drug-likeness (QED) is 0.238. The second-order valence-electron chi connectivity index (χ2n) is 6.67. The minimum atomic E-state index is -0.197. The summed E-state index contributed by atoms with van der Waals surface area (Å²) < 4.78 is 6.76. The van der Waals surface area contributed by atoms with Gasteiger partial charge in [-0.25, -0.2) is 5.43 Å². The van der Waals surface area contributed by atoms with Crippen LogP contribution in [0.3, 0.4) is 0 Å². The number of carbonyl (C=O) groups excluding carboxylic acids is 1. The molecule has 0 atom stereocenters. The van der Waals surface area contributed by atoms with E-state index in [1.165, 1.54) is 33.9 Å². The van der Waals surface area contributed by atoms with Gasteiger partial charge in [-0.05, 0) is 41.0 Å². The minimum Gasteiger partial charge on any atom is -0.489 e. The summed E-state index contributed by atoms with van der Waals surface area (Å²) >= 11 is 2.81. The normalized spacial score (nSPS) is 11.1. The summed E-state index contributed by atoms with van der Waals surface area (Å²) in [7, 11) is 0. The first-order valence-electron chi connectivity index (χ1n) is 9.62. The molecule has 0 saturated carbocycles. The predicted molar refractivity (Wildman–Crippen MR) is 126 cm³/mol. The van der Waals surface area contributed by atoms with Crippen molar-refractivity contribution in [2.24, 2.45) is 5.10 Å². The lowest BCUT2D eigenvalue weighted by atomic mass is 10.1. The van der Waals surface area contributed by atoms with Crippen LogP contribution >= 0.6 is 23.1 Å². The van der Waals surface area contributed by atoms with Gasteiger partial charge >= 0.3 is 0 Å². The molecule has 0 aliphatic rings. The number of nitrogens with zero attached hydrogens (tertiary/aromatic N) is 3. The molecule has 156 valence electrons. The van der Waals surface area contributed by atoms with Crippen LogP contribution in [0.4, 0.5) is 0 Å². The Labute approximate surface area is 188 Å². The lowest BCUT2D eigenvalue weighted by Crippen LogP contribution is -2.19. The third-order valence-corrected chi connectivity index (χ3v) is 6.34. The summed E-state index contributed by atoms with van der Waals surface area (Å²) in [5, 5.41) is 15.2. The second kappa shape index (κ2) is 10.2. The van der Waals surface area contributed by atoms with Gasteiger partial charge in [-0.2, -0.15) is 5.10 Å². The number of fused-ring (bicyclic) bond motifs is 1. The van der Waals surface area contributed by atoms with E-state index in [0.29, 0.717) is 6.61 Å². The van der Waals surface area contributed by atoms with E-state index in [1.807, 2.05) is 49.4 Å². The number of nitrogens with one attached hydrogen (secondary N) is 1. The van der Waals surface area contributed by atoms with Crippen LogP contribution in [0.2, 0.25) is 0 Å². The molecule has 0 aliphatic carbocycles. The molecular formula is C23H20N4O2S2. The maximum Gasteiger partial charge on any atom is 0.250 e. The molecule has 8 heteroatoms. The smallest absolute Gasteiger partial charge is 0.250 e. The molecule has 31 heavy (non-hydrogen) atoms. The number of carbonyl (C=O) groups is 1. The maximum absolute atomic E-state index is 11.9. The van der Waals surface area contributed by atoms with E-state index < -0.39 is 0 Å². The fourth-order valence-corrected chi connectivity index (χ4v) is 4.55. The zero-order valence-electron chi connectivity index (χ0n) is 16.8. The van der Waals surface area contributed by atoms with Gasteiger partial charge in [0.1, 0.15) is 17.4 Å². The Balaban J connectivity index is 1.31. The molecule has 0 bridgehead atoms. The third-order valence-electron chi connectivity index (χ3n) is 4.37. The molecule has 1 N–H and O–H groups in total. The highest BCUT2D eigenvalue weighted by atomic mass is 32.2. The molecule has 4 rings (SSSR count). The molecule has 0 radical (unpaired) electrons. The SMILES string of the molecule is Cc1nnc(SCC(=O)N/N=C/c2cccc(OCc3cccc4ccccc34)c2)s1. The standard InChI is InChI=1S/C23H20N4O2S2/c1-16-25-27-23(31-16)30-15-22(28)26-24-13-17-6-4-10-20(12-17)29-14-19-9-5-8-18-7-2-3-11-21(18)19/h2-13H,14-15H2,1H3,(H,26,28)/b24-13+. The Morgan fingerprint density at radius 1 is 1.13 bits per heavy atom. The van der Waals surface area contributed by atoms with Crippen LogP contribution in [0.5, 0.6) is 5.75 Å². The number of aryl methyl sites for hydroxylation is 1. The van der Waals surface area contributed by atoms with E-state index in [0.717, 1.165) is 26.2 Å². The van der Waals surface area contributed by atoms with Crippen LogP contribution in [-0.4, -0.2) is 28.1 Å². The van der Waals surface area contributed by atoms with Crippen LogP contribution in [0.15, 0.2) is 76.2 Å². The number of rotatable bonds is 8. The summed E-state index contributed by atoms with van der Waals surface area (Å²) in [5.41, 5.74) is 4.50. The van der Waals surface area contributed by atoms with Gasteiger partial charge in [0, 0.05) is 0 Å². The fourth-order valence-electron chi connectivity index (χ4n) is 2.94. The van der Waals surface area contributed by atoms with Crippen molar-refractivity contribution in [2.75, 3.05) is 5.75 Å². The first-order chi connectivity index (χ1) is 15.2. The van der Waals surface area contributed by atoms with E-state index in [2.05, 4.69) is 45.0 Å². The van der Waals surface area contributed by atoms with Crippen LogP contribution in [0.25, 0.3) is 10.8 Å². The molecular weight excluding hydrogens is 428 g/mol. The van der Waals surface area contributed by atoms with Gasteiger partial charge in [0.05, 0.1) is 12.0 Å². The molecule has 1 aromatic heterocycles. The van der Waals surface area contributed by atoms with Gasteiger partial charge in [-0.15, -0.1) is 10.2 Å². The van der Waals surface area contributed by atoms with Crippen molar-refractivity contribution >= 4 is 46.0 Å². The number of ether oxygens (including phenoxy) is 1. The van der Waals surface area contributed by atoms with Gasteiger partial charge in [0.25, 0.3) is 5.91 Å². The number of hydrogen-bond donors (Lipinski definition) is 1. The summed E-state index contributed by atoms with van der Waals surface area (Å²) in [6.45, 7) is 2.35. The molecule has 0 unspecified atom stereocenters. The van der Waals surface area contributed by atoms with Crippen LogP contribution in [-0.2, 0) is 11.4 Å². The molecule has 0 aliphatic heterocycles. The Kier molecular flexibility index (Phi) is 6.91. The average molecular weight is 449 g/mol. The summed E-state index contributed by atoms with van der Waals surface area (Å²) in [6, 6.07) is 22.1. The highest BCUT2D eigenvalue weighted by molar-refractivity contribution is 8.01. The minimum absolute atomic E-state index is 0.197. The molecule has 1 amide bonds. The van der Waals surface area contributed by atoms with Crippen molar-refractivity contribution in [1.82, 2.24) is 15.6 Å². The summed E-state index contributed by atoms with van der Waals surface area (Å²) in [6.07, 6.45) is 1.60. The van der Waals surface area contributed by atoms with Gasteiger partial charge in [0.2, 0.25) is 0 Å². The lowest BCUT2D eigenvalue weighted by molar-refractivity contribution is -0.118. The first-order valence-corrected chi connectivity index (χ1v) is 11.4. The zero-order valence-corrected chi connectivity index (χ0v) is 18.5. The van der Waals surface area contributed by atoms with E-state index in [1.54, 1.807) is 6.21 Å². The number of aromatic nitrogens is 2. The van der Waals surface area contributed by atoms with E-state index in [-0.39, 0.29) is 11.7 Å². The van der Waals surface area contributed by atoms with Crippen LogP contribution < -0.4 is 10.2 Å². The van der Waals surface area contributed by atoms with Crippen molar-refractivity contribution in [2.45, 2.75) is 17.9 Å². The Hall–Kier alpha value is -3.23. The molecule has 3 aromatic carbocycles. The third kappa shape index (κ3) is 5.90. The van der Waals surface area contributed by atoms with E-state index in [4.69, 9.17) is 4.74 Å². The monoisotopic (exact) mass is 448 g/mol. The summed E-state index contributed by atoms with van der Waals surface area (Å²) in [4.78, 5) is 11.9. The number of amides is 1. The molecule has 0 fully saturated rings. The topological polar surface area (TPSA) is 76.5 Å². The molecule has 1 heterocycles. The van der Waals surface area contributed by atoms with Crippen LogP contribution in [0, 0.1) is 6.92 Å². The van der Waals surface area contributed by atoms with Gasteiger partial charge in [0.15, 0.2) is 4.34 Å². The van der Waals surface area contributed by atoms with Crippen molar-refractivity contribution < 1.29 is 9.53 Å². The van der Waals surface area contributed by atoms with Gasteiger partial charge in [-0.3, -0.25) is 4.79 Å².